The molecule has 1 saturated heterocycles. The predicted octanol–water partition coefficient (Wildman–Crippen LogP) is 2.32. The first-order chi connectivity index (χ1) is 7.58. The number of carboxylic acids is 1. The Hall–Kier alpha value is -1.10. The number of hydrogen-bond donors (Lipinski definition) is 1. The summed E-state index contributed by atoms with van der Waals surface area (Å²) in [5.41, 5.74) is 0.160. The van der Waals surface area contributed by atoms with Crippen molar-refractivity contribution in [3.63, 3.8) is 0 Å². The lowest BCUT2D eigenvalue weighted by Gasteiger charge is -2.16. The fourth-order valence-electron chi connectivity index (χ4n) is 2.01. The van der Waals surface area contributed by atoms with Gasteiger partial charge in [0.05, 0.1) is 0 Å². The Kier molecular flexibility index (Phi) is 3.14. The van der Waals surface area contributed by atoms with E-state index in [0.717, 1.165) is 18.2 Å². The molecule has 0 spiro atoms. The van der Waals surface area contributed by atoms with E-state index in [2.05, 4.69) is 23.7 Å². The maximum absolute atomic E-state index is 10.7. The molecule has 88 valence electrons. The number of rotatable bonds is 3. The van der Waals surface area contributed by atoms with Crippen LogP contribution in [0.3, 0.4) is 0 Å². The van der Waals surface area contributed by atoms with Crippen LogP contribution in [0.1, 0.15) is 30.8 Å². The van der Waals surface area contributed by atoms with Crippen LogP contribution < -0.4 is 4.90 Å². The molecule has 16 heavy (non-hydrogen) atoms. The quantitative estimate of drug-likeness (QED) is 0.881. The van der Waals surface area contributed by atoms with Crippen LogP contribution in [0.5, 0.6) is 0 Å². The van der Waals surface area contributed by atoms with E-state index in [1.54, 1.807) is 5.38 Å². The van der Waals surface area contributed by atoms with Gasteiger partial charge in [0.2, 0.25) is 0 Å². The minimum absolute atomic E-state index is 0.160. The van der Waals surface area contributed by atoms with Crippen LogP contribution in [-0.2, 0) is 0 Å². The zero-order valence-electron chi connectivity index (χ0n) is 9.51. The van der Waals surface area contributed by atoms with Gasteiger partial charge < -0.3 is 10.0 Å². The van der Waals surface area contributed by atoms with Gasteiger partial charge in [-0.15, -0.1) is 11.3 Å². The molecule has 4 nitrogen and oxygen atoms in total. The molecule has 0 bridgehead atoms. The van der Waals surface area contributed by atoms with Crippen LogP contribution in [0, 0.1) is 11.8 Å². The number of aromatic carboxylic acids is 1. The maximum Gasteiger partial charge on any atom is 0.355 e. The summed E-state index contributed by atoms with van der Waals surface area (Å²) in [6.07, 6.45) is 1.18. The van der Waals surface area contributed by atoms with Gasteiger partial charge in [0, 0.05) is 18.5 Å². The maximum atomic E-state index is 10.7. The fourth-order valence-corrected chi connectivity index (χ4v) is 2.85. The van der Waals surface area contributed by atoms with E-state index in [0.29, 0.717) is 11.8 Å². The van der Waals surface area contributed by atoms with Crippen molar-refractivity contribution < 1.29 is 9.90 Å². The molecule has 0 aliphatic carbocycles. The van der Waals surface area contributed by atoms with Crippen molar-refractivity contribution in [2.75, 3.05) is 18.0 Å². The summed E-state index contributed by atoms with van der Waals surface area (Å²) in [6, 6.07) is 0. The van der Waals surface area contributed by atoms with Crippen molar-refractivity contribution in [3.05, 3.63) is 11.1 Å². The third-order valence-corrected chi connectivity index (χ3v) is 4.05. The standard InChI is InChI=1S/C11H16N2O2S/c1-7(2)8-3-4-13(5-8)11-12-9(6-16-11)10(14)15/h6-8H,3-5H2,1-2H3,(H,14,15). The van der Waals surface area contributed by atoms with Crippen molar-refractivity contribution in [2.24, 2.45) is 11.8 Å². The summed E-state index contributed by atoms with van der Waals surface area (Å²) < 4.78 is 0. The van der Waals surface area contributed by atoms with Crippen LogP contribution in [0.4, 0.5) is 5.13 Å². The van der Waals surface area contributed by atoms with Crippen molar-refractivity contribution in [1.82, 2.24) is 4.98 Å². The molecule has 0 aromatic carbocycles. The van der Waals surface area contributed by atoms with Gasteiger partial charge in [0.25, 0.3) is 0 Å². The van der Waals surface area contributed by atoms with E-state index in [1.807, 2.05) is 0 Å². The Bertz CT molecular complexity index is 389. The number of anilines is 1. The van der Waals surface area contributed by atoms with Crippen LogP contribution in [0.25, 0.3) is 0 Å². The molecule has 0 radical (unpaired) electrons. The number of carbonyl (C=O) groups is 1. The Balaban J connectivity index is 2.06. The zero-order valence-corrected chi connectivity index (χ0v) is 10.3. The number of hydrogen-bond acceptors (Lipinski definition) is 4. The SMILES string of the molecule is CC(C)C1CCN(c2nc(C(=O)O)cs2)C1. The minimum atomic E-state index is -0.942. The molecule has 1 N–H and O–H groups in total. The molecule has 1 fully saturated rings. The highest BCUT2D eigenvalue weighted by Gasteiger charge is 2.26. The Morgan fingerprint density at radius 2 is 2.44 bits per heavy atom. The number of thiazole rings is 1. The molecule has 1 aromatic rings. The third-order valence-electron chi connectivity index (χ3n) is 3.15. The van der Waals surface area contributed by atoms with E-state index in [-0.39, 0.29) is 5.69 Å². The molecule has 1 aliphatic heterocycles. The van der Waals surface area contributed by atoms with E-state index < -0.39 is 5.97 Å². The highest BCUT2D eigenvalue weighted by atomic mass is 32.1. The molecule has 0 saturated carbocycles. The monoisotopic (exact) mass is 240 g/mol. The second-order valence-corrected chi connectivity index (χ2v) is 5.40. The largest absolute Gasteiger partial charge is 0.476 e. The first-order valence-electron chi connectivity index (χ1n) is 5.51. The molecular formula is C11H16N2O2S. The van der Waals surface area contributed by atoms with Crippen molar-refractivity contribution >= 4 is 22.4 Å². The Morgan fingerprint density at radius 1 is 1.69 bits per heavy atom. The molecule has 1 unspecified atom stereocenters. The summed E-state index contributed by atoms with van der Waals surface area (Å²) in [6.45, 7) is 6.47. The van der Waals surface area contributed by atoms with E-state index in [4.69, 9.17) is 5.11 Å². The zero-order chi connectivity index (χ0) is 11.7. The lowest BCUT2D eigenvalue weighted by atomic mass is 9.95. The number of aromatic nitrogens is 1. The lowest BCUT2D eigenvalue weighted by Crippen LogP contribution is -2.21. The van der Waals surface area contributed by atoms with Gasteiger partial charge in [-0.2, -0.15) is 0 Å². The second kappa shape index (κ2) is 4.41. The number of nitrogens with zero attached hydrogens (tertiary/aromatic N) is 2. The summed E-state index contributed by atoms with van der Waals surface area (Å²) in [7, 11) is 0. The van der Waals surface area contributed by atoms with E-state index >= 15 is 0 Å². The van der Waals surface area contributed by atoms with Gasteiger partial charge in [0.1, 0.15) is 0 Å². The highest BCUT2D eigenvalue weighted by molar-refractivity contribution is 7.13. The number of carboxylic acid groups (broad SMARTS) is 1. The fraction of sp³-hybridized carbons (Fsp3) is 0.636. The first kappa shape index (κ1) is 11.4. The third kappa shape index (κ3) is 2.19. The van der Waals surface area contributed by atoms with Crippen molar-refractivity contribution in [2.45, 2.75) is 20.3 Å². The summed E-state index contributed by atoms with van der Waals surface area (Å²) in [5.74, 6) is 0.447. The molecular weight excluding hydrogens is 224 g/mol. The van der Waals surface area contributed by atoms with Gasteiger partial charge in [-0.1, -0.05) is 13.8 Å². The van der Waals surface area contributed by atoms with Crippen LogP contribution >= 0.6 is 11.3 Å². The summed E-state index contributed by atoms with van der Waals surface area (Å²) in [4.78, 5) is 17.1. The van der Waals surface area contributed by atoms with Crippen LogP contribution in [0.2, 0.25) is 0 Å². The predicted molar refractivity (Wildman–Crippen MR) is 64.2 cm³/mol. The molecule has 2 rings (SSSR count). The minimum Gasteiger partial charge on any atom is -0.476 e. The Morgan fingerprint density at radius 3 is 2.94 bits per heavy atom. The average Bonchev–Trinajstić information content (AvgIpc) is 2.86. The first-order valence-corrected chi connectivity index (χ1v) is 6.39. The Labute approximate surface area is 98.9 Å². The van der Waals surface area contributed by atoms with Gasteiger partial charge >= 0.3 is 5.97 Å². The van der Waals surface area contributed by atoms with Crippen LogP contribution in [-0.4, -0.2) is 29.1 Å². The molecule has 1 aliphatic rings. The van der Waals surface area contributed by atoms with E-state index in [9.17, 15) is 4.79 Å². The summed E-state index contributed by atoms with van der Waals surface area (Å²) in [5, 5.41) is 11.3. The topological polar surface area (TPSA) is 53.4 Å². The normalized spacial score (nSPS) is 20.7. The van der Waals surface area contributed by atoms with Gasteiger partial charge in [-0.25, -0.2) is 9.78 Å². The van der Waals surface area contributed by atoms with Gasteiger partial charge in [-0.05, 0) is 18.3 Å². The highest BCUT2D eigenvalue weighted by Crippen LogP contribution is 2.30. The molecule has 1 atom stereocenters. The summed E-state index contributed by atoms with van der Waals surface area (Å²) >= 11 is 1.42. The molecule has 2 heterocycles. The lowest BCUT2D eigenvalue weighted by molar-refractivity contribution is 0.0691. The van der Waals surface area contributed by atoms with Crippen LogP contribution in [0.15, 0.2) is 5.38 Å². The molecule has 0 amide bonds. The average molecular weight is 240 g/mol. The molecule has 5 heteroatoms. The second-order valence-electron chi connectivity index (χ2n) is 4.56. The van der Waals surface area contributed by atoms with E-state index in [1.165, 1.54) is 17.8 Å². The van der Waals surface area contributed by atoms with Gasteiger partial charge in [0.15, 0.2) is 10.8 Å². The smallest absolute Gasteiger partial charge is 0.355 e. The van der Waals surface area contributed by atoms with Crippen molar-refractivity contribution in [1.29, 1.82) is 0 Å². The van der Waals surface area contributed by atoms with Crippen molar-refractivity contribution in [3.8, 4) is 0 Å². The molecule has 1 aromatic heterocycles. The van der Waals surface area contributed by atoms with Gasteiger partial charge in [-0.3, -0.25) is 0 Å².